The van der Waals surface area contributed by atoms with E-state index in [1.807, 2.05) is 72.1 Å². The van der Waals surface area contributed by atoms with Crippen molar-refractivity contribution < 1.29 is 9.36 Å². The van der Waals surface area contributed by atoms with Crippen LogP contribution < -0.4 is 9.47 Å². The predicted octanol–water partition coefficient (Wildman–Crippen LogP) is 4.18. The third kappa shape index (κ3) is 4.17. The SMILES string of the molecule is CCN(C(=O)[C@@H](C)[n+]1ccc(Cc2ccccc2)cc1)c1ccccc1. The number of para-hydroxylation sites is 1. The van der Waals surface area contributed by atoms with Gasteiger partial charge in [0, 0.05) is 31.3 Å². The lowest BCUT2D eigenvalue weighted by molar-refractivity contribution is -0.705. The van der Waals surface area contributed by atoms with Crippen LogP contribution in [0.15, 0.2) is 85.2 Å². The van der Waals surface area contributed by atoms with Crippen molar-refractivity contribution in [2.24, 2.45) is 0 Å². The first-order valence-electron chi connectivity index (χ1n) is 9.09. The smallest absolute Gasteiger partial charge is 0.295 e. The fourth-order valence-corrected chi connectivity index (χ4v) is 3.10. The molecule has 0 N–H and O–H groups in total. The van der Waals surface area contributed by atoms with E-state index in [1.165, 1.54) is 11.1 Å². The van der Waals surface area contributed by atoms with Crippen molar-refractivity contribution >= 4 is 11.6 Å². The van der Waals surface area contributed by atoms with Gasteiger partial charge in [0.15, 0.2) is 12.4 Å². The number of hydrogen-bond acceptors (Lipinski definition) is 1. The fourth-order valence-electron chi connectivity index (χ4n) is 3.10. The summed E-state index contributed by atoms with van der Waals surface area (Å²) in [5, 5.41) is 0. The largest absolute Gasteiger partial charge is 0.307 e. The van der Waals surface area contributed by atoms with Gasteiger partial charge in [-0.05, 0) is 36.6 Å². The number of anilines is 1. The Labute approximate surface area is 155 Å². The number of rotatable bonds is 6. The van der Waals surface area contributed by atoms with Crippen molar-refractivity contribution in [3.05, 3.63) is 96.3 Å². The van der Waals surface area contributed by atoms with Crippen LogP contribution in [0.5, 0.6) is 0 Å². The molecule has 3 nitrogen and oxygen atoms in total. The van der Waals surface area contributed by atoms with E-state index in [0.29, 0.717) is 6.54 Å². The third-order valence-electron chi connectivity index (χ3n) is 4.63. The standard InChI is InChI=1S/C23H25N2O/c1-3-25(22-12-8-5-9-13-22)23(26)19(2)24-16-14-21(15-17-24)18-20-10-6-4-7-11-20/h4-17,19H,3,18H2,1-2H3/q+1/t19-/m1/s1. The molecule has 1 amide bonds. The molecule has 1 heterocycles. The summed E-state index contributed by atoms with van der Waals surface area (Å²) in [6.45, 7) is 4.61. The zero-order chi connectivity index (χ0) is 18.4. The van der Waals surface area contributed by atoms with Gasteiger partial charge in [0.2, 0.25) is 6.04 Å². The summed E-state index contributed by atoms with van der Waals surface area (Å²) in [5.41, 5.74) is 3.46. The lowest BCUT2D eigenvalue weighted by Crippen LogP contribution is -2.48. The number of likely N-dealkylation sites (N-methyl/N-ethyl adjacent to an activating group) is 1. The van der Waals surface area contributed by atoms with Crippen LogP contribution in [-0.2, 0) is 11.2 Å². The predicted molar refractivity (Wildman–Crippen MR) is 105 cm³/mol. The van der Waals surface area contributed by atoms with E-state index < -0.39 is 0 Å². The molecule has 3 rings (SSSR count). The number of pyridine rings is 1. The quantitative estimate of drug-likeness (QED) is 0.615. The van der Waals surface area contributed by atoms with Gasteiger partial charge in [-0.1, -0.05) is 48.5 Å². The molecule has 0 aliphatic rings. The van der Waals surface area contributed by atoms with Crippen molar-refractivity contribution in [2.75, 3.05) is 11.4 Å². The summed E-state index contributed by atoms with van der Waals surface area (Å²) >= 11 is 0. The van der Waals surface area contributed by atoms with E-state index in [-0.39, 0.29) is 11.9 Å². The van der Waals surface area contributed by atoms with Gasteiger partial charge in [-0.25, -0.2) is 0 Å². The minimum absolute atomic E-state index is 0.0968. The Kier molecular flexibility index (Phi) is 5.80. The molecule has 3 heteroatoms. The molecule has 0 fully saturated rings. The maximum absolute atomic E-state index is 13.0. The number of carbonyl (C=O) groups excluding carboxylic acids is 1. The van der Waals surface area contributed by atoms with Crippen LogP contribution in [0.2, 0.25) is 0 Å². The van der Waals surface area contributed by atoms with E-state index in [2.05, 4.69) is 36.4 Å². The maximum Gasteiger partial charge on any atom is 0.295 e. The molecule has 132 valence electrons. The Morgan fingerprint density at radius 3 is 2.00 bits per heavy atom. The fraction of sp³-hybridized carbons (Fsp3) is 0.217. The van der Waals surface area contributed by atoms with Crippen LogP contribution in [0.25, 0.3) is 0 Å². The Balaban J connectivity index is 1.72. The van der Waals surface area contributed by atoms with Crippen molar-refractivity contribution in [3.8, 4) is 0 Å². The number of benzene rings is 2. The van der Waals surface area contributed by atoms with E-state index in [0.717, 1.165) is 12.1 Å². The summed E-state index contributed by atoms with van der Waals surface area (Å²) in [7, 11) is 0. The molecular weight excluding hydrogens is 320 g/mol. The van der Waals surface area contributed by atoms with E-state index >= 15 is 0 Å². The third-order valence-corrected chi connectivity index (χ3v) is 4.63. The van der Waals surface area contributed by atoms with Crippen LogP contribution in [0.3, 0.4) is 0 Å². The van der Waals surface area contributed by atoms with Gasteiger partial charge in [-0.3, -0.25) is 4.79 Å². The van der Waals surface area contributed by atoms with E-state index in [1.54, 1.807) is 0 Å². The second kappa shape index (κ2) is 8.43. The number of amides is 1. The zero-order valence-electron chi connectivity index (χ0n) is 15.4. The van der Waals surface area contributed by atoms with Gasteiger partial charge in [-0.15, -0.1) is 0 Å². The van der Waals surface area contributed by atoms with Crippen LogP contribution in [0.1, 0.15) is 31.0 Å². The molecule has 0 aliphatic heterocycles. The average molecular weight is 345 g/mol. The summed E-state index contributed by atoms with van der Waals surface area (Å²) in [5.74, 6) is 0.0968. The normalized spacial score (nSPS) is 11.8. The highest BCUT2D eigenvalue weighted by Crippen LogP contribution is 2.16. The van der Waals surface area contributed by atoms with Crippen molar-refractivity contribution in [3.63, 3.8) is 0 Å². The van der Waals surface area contributed by atoms with Gasteiger partial charge >= 0.3 is 0 Å². The highest BCUT2D eigenvalue weighted by Gasteiger charge is 2.27. The summed E-state index contributed by atoms with van der Waals surface area (Å²) < 4.78 is 1.97. The molecule has 2 aromatic carbocycles. The monoisotopic (exact) mass is 345 g/mol. The molecule has 0 unspecified atom stereocenters. The van der Waals surface area contributed by atoms with Gasteiger partial charge in [-0.2, -0.15) is 4.57 Å². The van der Waals surface area contributed by atoms with Crippen LogP contribution >= 0.6 is 0 Å². The average Bonchev–Trinajstić information content (AvgIpc) is 2.70. The van der Waals surface area contributed by atoms with E-state index in [9.17, 15) is 4.79 Å². The molecule has 0 saturated heterocycles. The Morgan fingerprint density at radius 1 is 0.885 bits per heavy atom. The number of hydrogen-bond donors (Lipinski definition) is 0. The van der Waals surface area contributed by atoms with Crippen LogP contribution in [0.4, 0.5) is 5.69 Å². The molecule has 0 saturated carbocycles. The van der Waals surface area contributed by atoms with Crippen molar-refractivity contribution in [1.29, 1.82) is 0 Å². The first-order valence-corrected chi connectivity index (χ1v) is 9.09. The van der Waals surface area contributed by atoms with Gasteiger partial charge < -0.3 is 4.90 Å². The number of carbonyl (C=O) groups is 1. The first-order chi connectivity index (χ1) is 12.7. The molecule has 0 radical (unpaired) electrons. The van der Waals surface area contributed by atoms with Crippen molar-refractivity contribution in [2.45, 2.75) is 26.3 Å². The summed E-state index contributed by atoms with van der Waals surface area (Å²) in [4.78, 5) is 14.8. The second-order valence-electron chi connectivity index (χ2n) is 6.41. The molecule has 0 aliphatic carbocycles. The Hall–Kier alpha value is -2.94. The highest BCUT2D eigenvalue weighted by molar-refractivity contribution is 5.94. The van der Waals surface area contributed by atoms with Crippen LogP contribution in [0, 0.1) is 0 Å². The van der Waals surface area contributed by atoms with Gasteiger partial charge in [0.1, 0.15) is 0 Å². The minimum atomic E-state index is -0.249. The van der Waals surface area contributed by atoms with Gasteiger partial charge in [0.05, 0.1) is 0 Å². The van der Waals surface area contributed by atoms with Crippen LogP contribution in [-0.4, -0.2) is 12.5 Å². The maximum atomic E-state index is 13.0. The number of nitrogens with zero attached hydrogens (tertiary/aromatic N) is 2. The molecule has 0 bridgehead atoms. The molecular formula is C23H25N2O+. The highest BCUT2D eigenvalue weighted by atomic mass is 16.2. The molecule has 26 heavy (non-hydrogen) atoms. The van der Waals surface area contributed by atoms with E-state index in [4.69, 9.17) is 0 Å². The Bertz CT molecular complexity index is 829. The van der Waals surface area contributed by atoms with Gasteiger partial charge in [0.25, 0.3) is 5.91 Å². The minimum Gasteiger partial charge on any atom is -0.307 e. The number of aromatic nitrogens is 1. The zero-order valence-corrected chi connectivity index (χ0v) is 15.4. The molecule has 1 aromatic heterocycles. The lowest BCUT2D eigenvalue weighted by Gasteiger charge is -2.22. The summed E-state index contributed by atoms with van der Waals surface area (Å²) in [6, 6.07) is 24.2. The molecule has 3 aromatic rings. The second-order valence-corrected chi connectivity index (χ2v) is 6.41. The topological polar surface area (TPSA) is 24.2 Å². The first kappa shape index (κ1) is 17.9. The lowest BCUT2D eigenvalue weighted by atomic mass is 10.1. The van der Waals surface area contributed by atoms with Crippen molar-refractivity contribution in [1.82, 2.24) is 0 Å². The molecule has 0 spiro atoms. The molecule has 1 atom stereocenters. The summed E-state index contributed by atoms with van der Waals surface area (Å²) in [6.07, 6.45) is 4.90. The Morgan fingerprint density at radius 2 is 1.42 bits per heavy atom.